The number of rotatable bonds is 3. The van der Waals surface area contributed by atoms with E-state index in [9.17, 15) is 4.79 Å². The minimum atomic E-state index is -0.407. The Morgan fingerprint density at radius 3 is 2.72 bits per heavy atom. The molecule has 0 unspecified atom stereocenters. The largest absolute Gasteiger partial charge is 0.366 e. The molecule has 2 rings (SSSR count). The summed E-state index contributed by atoms with van der Waals surface area (Å²) >= 11 is 0. The van der Waals surface area contributed by atoms with Crippen LogP contribution in [0, 0.1) is 0 Å². The molecule has 1 amide bonds. The van der Waals surface area contributed by atoms with Gasteiger partial charge in [-0.25, -0.2) is 4.98 Å². The fraction of sp³-hybridized carbons (Fsp3) is 0.538. The van der Waals surface area contributed by atoms with Gasteiger partial charge in [-0.2, -0.15) is 0 Å². The van der Waals surface area contributed by atoms with Gasteiger partial charge in [0.1, 0.15) is 5.82 Å². The van der Waals surface area contributed by atoms with Gasteiger partial charge in [0.2, 0.25) is 5.91 Å². The SMILES string of the molecule is CNC1(C)CCN(c2cc(C(N)=O)ccn2)CC1. The van der Waals surface area contributed by atoms with E-state index in [2.05, 4.69) is 22.1 Å². The maximum absolute atomic E-state index is 11.2. The molecule has 0 saturated carbocycles. The van der Waals surface area contributed by atoms with Crippen molar-refractivity contribution in [2.24, 2.45) is 5.73 Å². The monoisotopic (exact) mass is 248 g/mol. The molecule has 3 N–H and O–H groups in total. The number of hydrogen-bond donors (Lipinski definition) is 2. The molecule has 1 saturated heterocycles. The van der Waals surface area contributed by atoms with Crippen molar-refractivity contribution in [2.75, 3.05) is 25.0 Å². The lowest BCUT2D eigenvalue weighted by Gasteiger charge is -2.39. The predicted molar refractivity (Wildman–Crippen MR) is 71.7 cm³/mol. The van der Waals surface area contributed by atoms with Crippen molar-refractivity contribution >= 4 is 11.7 Å². The minimum Gasteiger partial charge on any atom is -0.366 e. The Morgan fingerprint density at radius 1 is 1.50 bits per heavy atom. The van der Waals surface area contributed by atoms with Gasteiger partial charge in [0, 0.05) is 30.4 Å². The Bertz CT molecular complexity index is 438. The lowest BCUT2D eigenvalue weighted by Crippen LogP contribution is -2.50. The van der Waals surface area contributed by atoms with Crippen molar-refractivity contribution in [1.29, 1.82) is 0 Å². The number of nitrogens with two attached hydrogens (primary N) is 1. The van der Waals surface area contributed by atoms with Gasteiger partial charge in [-0.15, -0.1) is 0 Å². The maximum atomic E-state index is 11.2. The molecule has 1 aromatic heterocycles. The first-order chi connectivity index (χ1) is 8.54. The molecule has 0 aliphatic carbocycles. The summed E-state index contributed by atoms with van der Waals surface area (Å²) in [6, 6.07) is 3.41. The van der Waals surface area contributed by atoms with Crippen LogP contribution in [-0.4, -0.2) is 36.6 Å². The number of anilines is 1. The Labute approximate surface area is 107 Å². The van der Waals surface area contributed by atoms with Crippen LogP contribution < -0.4 is 16.0 Å². The highest BCUT2D eigenvalue weighted by Gasteiger charge is 2.28. The third-order valence-electron chi connectivity index (χ3n) is 3.82. The molecule has 1 fully saturated rings. The molecule has 98 valence electrons. The van der Waals surface area contributed by atoms with E-state index >= 15 is 0 Å². The molecule has 18 heavy (non-hydrogen) atoms. The third kappa shape index (κ3) is 2.61. The number of piperidine rings is 1. The standard InChI is InChI=1S/C13H20N4O/c1-13(15-2)4-7-17(8-5-13)11-9-10(12(14)18)3-6-16-11/h3,6,9,15H,4-5,7-8H2,1-2H3,(H2,14,18). The highest BCUT2D eigenvalue weighted by atomic mass is 16.1. The van der Waals surface area contributed by atoms with Crippen LogP contribution in [0.5, 0.6) is 0 Å². The Hall–Kier alpha value is -1.62. The van der Waals surface area contributed by atoms with Crippen molar-refractivity contribution in [1.82, 2.24) is 10.3 Å². The van der Waals surface area contributed by atoms with E-state index in [-0.39, 0.29) is 5.54 Å². The molecule has 0 bridgehead atoms. The van der Waals surface area contributed by atoms with E-state index in [0.717, 1.165) is 31.7 Å². The summed E-state index contributed by atoms with van der Waals surface area (Å²) in [6.45, 7) is 4.11. The quantitative estimate of drug-likeness (QED) is 0.828. The van der Waals surface area contributed by atoms with Gasteiger partial charge in [-0.1, -0.05) is 0 Å². The van der Waals surface area contributed by atoms with Crippen molar-refractivity contribution in [3.05, 3.63) is 23.9 Å². The second-order valence-electron chi connectivity index (χ2n) is 5.06. The molecule has 5 nitrogen and oxygen atoms in total. The third-order valence-corrected chi connectivity index (χ3v) is 3.82. The zero-order chi connectivity index (χ0) is 13.2. The number of amides is 1. The lowest BCUT2D eigenvalue weighted by atomic mass is 9.90. The molecule has 0 radical (unpaired) electrons. The van der Waals surface area contributed by atoms with Crippen LogP contribution in [0.1, 0.15) is 30.1 Å². The number of hydrogen-bond acceptors (Lipinski definition) is 4. The molecule has 2 heterocycles. The summed E-state index contributed by atoms with van der Waals surface area (Å²) in [4.78, 5) is 17.7. The number of primary amides is 1. The molecular weight excluding hydrogens is 228 g/mol. The van der Waals surface area contributed by atoms with E-state index in [1.807, 2.05) is 7.05 Å². The van der Waals surface area contributed by atoms with Gasteiger partial charge in [-0.3, -0.25) is 4.79 Å². The highest BCUT2D eigenvalue weighted by molar-refractivity contribution is 5.93. The fourth-order valence-electron chi connectivity index (χ4n) is 2.22. The van der Waals surface area contributed by atoms with Crippen LogP contribution in [0.25, 0.3) is 0 Å². The molecular formula is C13H20N4O. The predicted octanol–water partition coefficient (Wildman–Crippen LogP) is 0.759. The van der Waals surface area contributed by atoms with Crippen molar-refractivity contribution in [2.45, 2.75) is 25.3 Å². The van der Waals surface area contributed by atoms with Gasteiger partial charge < -0.3 is 16.0 Å². The Kier molecular flexibility index (Phi) is 3.52. The molecule has 0 atom stereocenters. The van der Waals surface area contributed by atoms with Gasteiger partial charge in [0.05, 0.1) is 0 Å². The van der Waals surface area contributed by atoms with E-state index in [1.54, 1.807) is 18.3 Å². The van der Waals surface area contributed by atoms with Crippen LogP contribution in [0.3, 0.4) is 0 Å². The molecule has 1 aliphatic heterocycles. The second kappa shape index (κ2) is 4.94. The van der Waals surface area contributed by atoms with Gasteiger partial charge >= 0.3 is 0 Å². The van der Waals surface area contributed by atoms with Crippen LogP contribution in [0.2, 0.25) is 0 Å². The van der Waals surface area contributed by atoms with E-state index in [4.69, 9.17) is 5.73 Å². The van der Waals surface area contributed by atoms with Gasteiger partial charge in [-0.05, 0) is 38.9 Å². The summed E-state index contributed by atoms with van der Waals surface area (Å²) in [7, 11) is 2.00. The number of carbonyl (C=O) groups excluding carboxylic acids is 1. The number of carbonyl (C=O) groups is 1. The average molecular weight is 248 g/mol. The molecule has 0 spiro atoms. The first-order valence-electron chi connectivity index (χ1n) is 6.24. The number of aromatic nitrogens is 1. The molecule has 5 heteroatoms. The second-order valence-corrected chi connectivity index (χ2v) is 5.06. The van der Waals surface area contributed by atoms with Crippen LogP contribution >= 0.6 is 0 Å². The van der Waals surface area contributed by atoms with Crippen LogP contribution in [-0.2, 0) is 0 Å². The number of nitrogens with zero attached hydrogens (tertiary/aromatic N) is 2. The molecule has 0 aromatic carbocycles. The smallest absolute Gasteiger partial charge is 0.248 e. The first kappa shape index (κ1) is 12.8. The zero-order valence-corrected chi connectivity index (χ0v) is 10.9. The maximum Gasteiger partial charge on any atom is 0.248 e. The summed E-state index contributed by atoms with van der Waals surface area (Å²) in [6.07, 6.45) is 3.76. The van der Waals surface area contributed by atoms with Crippen molar-refractivity contribution < 1.29 is 4.79 Å². The normalized spacial score (nSPS) is 18.7. The van der Waals surface area contributed by atoms with Crippen LogP contribution in [0.15, 0.2) is 18.3 Å². The summed E-state index contributed by atoms with van der Waals surface area (Å²) < 4.78 is 0. The summed E-state index contributed by atoms with van der Waals surface area (Å²) in [5.41, 5.74) is 6.00. The number of nitrogens with one attached hydrogen (secondary N) is 1. The van der Waals surface area contributed by atoms with Gasteiger partial charge in [0.15, 0.2) is 0 Å². The minimum absolute atomic E-state index is 0.206. The first-order valence-corrected chi connectivity index (χ1v) is 6.24. The average Bonchev–Trinajstić information content (AvgIpc) is 2.40. The van der Waals surface area contributed by atoms with E-state index in [1.165, 1.54) is 0 Å². The molecule has 1 aliphatic rings. The zero-order valence-electron chi connectivity index (χ0n) is 10.9. The van der Waals surface area contributed by atoms with Crippen LogP contribution in [0.4, 0.5) is 5.82 Å². The topological polar surface area (TPSA) is 71.2 Å². The number of pyridine rings is 1. The summed E-state index contributed by atoms with van der Waals surface area (Å²) in [5.74, 6) is 0.431. The Morgan fingerprint density at radius 2 is 2.17 bits per heavy atom. The summed E-state index contributed by atoms with van der Waals surface area (Å²) in [5, 5.41) is 3.36. The lowest BCUT2D eigenvalue weighted by molar-refractivity contribution is 0.1000. The van der Waals surface area contributed by atoms with E-state index < -0.39 is 5.91 Å². The highest BCUT2D eigenvalue weighted by Crippen LogP contribution is 2.24. The molecule has 1 aromatic rings. The van der Waals surface area contributed by atoms with E-state index in [0.29, 0.717) is 5.56 Å². The van der Waals surface area contributed by atoms with Crippen molar-refractivity contribution in [3.63, 3.8) is 0 Å². The van der Waals surface area contributed by atoms with Crippen molar-refractivity contribution in [3.8, 4) is 0 Å². The Balaban J connectivity index is 2.10. The van der Waals surface area contributed by atoms with Gasteiger partial charge in [0.25, 0.3) is 0 Å². The fourth-order valence-corrected chi connectivity index (χ4v) is 2.22.